The number of para-hydroxylation sites is 1. The minimum Gasteiger partial charge on any atom is -0.404 e. The van der Waals surface area contributed by atoms with Crippen LogP contribution < -0.4 is 10.5 Å². The molecule has 0 bridgehead atoms. The van der Waals surface area contributed by atoms with Crippen LogP contribution in [0.5, 0.6) is 5.75 Å². The quantitative estimate of drug-likeness (QED) is 0.894. The number of nitrogens with two attached hydrogens (primary N) is 1. The fourth-order valence-corrected chi connectivity index (χ4v) is 4.09. The second kappa shape index (κ2) is 5.76. The normalized spacial score (nSPS) is 20.0. The second-order valence-electron chi connectivity index (χ2n) is 4.67. The minimum atomic E-state index is -5.03. The van der Waals surface area contributed by atoms with Crippen molar-refractivity contribution < 1.29 is 31.1 Å². The summed E-state index contributed by atoms with van der Waals surface area (Å²) >= 11 is 0. The molecule has 122 valence electrons. The van der Waals surface area contributed by atoms with Crippen LogP contribution in [0.3, 0.4) is 0 Å². The average Bonchev–Trinajstić information content (AvgIpc) is 2.87. The molecule has 1 atom stereocenters. The van der Waals surface area contributed by atoms with Gasteiger partial charge in [0.1, 0.15) is 16.7 Å². The first kappa shape index (κ1) is 16.6. The molecule has 0 aromatic heterocycles. The van der Waals surface area contributed by atoms with E-state index in [1.54, 1.807) is 0 Å². The van der Waals surface area contributed by atoms with E-state index in [0.29, 0.717) is 6.42 Å². The molecule has 0 aliphatic carbocycles. The Balaban J connectivity index is 2.44. The summed E-state index contributed by atoms with van der Waals surface area (Å²) in [5.74, 6) is -1.68. The highest BCUT2D eigenvalue weighted by Gasteiger charge is 2.41. The number of amides is 1. The van der Waals surface area contributed by atoms with Gasteiger partial charge in [-0.1, -0.05) is 12.1 Å². The van der Waals surface area contributed by atoms with E-state index in [1.165, 1.54) is 12.1 Å². The molecule has 0 radical (unpaired) electrons. The number of carbonyl (C=O) groups excluding carboxylic acids is 1. The predicted octanol–water partition coefficient (Wildman–Crippen LogP) is 1.22. The van der Waals surface area contributed by atoms with Gasteiger partial charge in [-0.15, -0.1) is 13.2 Å². The number of alkyl halides is 3. The van der Waals surface area contributed by atoms with Gasteiger partial charge in [-0.05, 0) is 25.0 Å². The van der Waals surface area contributed by atoms with Gasteiger partial charge in [0.15, 0.2) is 0 Å². The van der Waals surface area contributed by atoms with Gasteiger partial charge in [-0.25, -0.2) is 8.42 Å². The minimum absolute atomic E-state index is 0.0102. The molecule has 1 aromatic rings. The number of hydrogen-bond donors (Lipinski definition) is 1. The molecule has 1 heterocycles. The van der Waals surface area contributed by atoms with Crippen molar-refractivity contribution in [3.63, 3.8) is 0 Å². The summed E-state index contributed by atoms with van der Waals surface area (Å²) < 4.78 is 66.8. The summed E-state index contributed by atoms with van der Waals surface area (Å²) in [6, 6.07) is 3.31. The number of ether oxygens (including phenoxy) is 1. The van der Waals surface area contributed by atoms with Crippen molar-refractivity contribution in [2.45, 2.75) is 30.1 Å². The monoisotopic (exact) mass is 338 g/mol. The number of sulfonamides is 1. The Hall–Kier alpha value is -1.81. The van der Waals surface area contributed by atoms with Crippen molar-refractivity contribution in [1.29, 1.82) is 0 Å². The van der Waals surface area contributed by atoms with Crippen molar-refractivity contribution >= 4 is 15.9 Å². The number of carbonyl (C=O) groups is 1. The molecule has 0 saturated carbocycles. The SMILES string of the molecule is NC(=O)C1CCCN1S(=O)(=O)c1ccccc1OC(F)(F)F. The Kier molecular flexibility index (Phi) is 4.34. The van der Waals surface area contributed by atoms with Gasteiger partial charge in [0.05, 0.1) is 0 Å². The van der Waals surface area contributed by atoms with Crippen LogP contribution in [0, 0.1) is 0 Å². The third kappa shape index (κ3) is 3.33. The van der Waals surface area contributed by atoms with Gasteiger partial charge >= 0.3 is 6.36 Å². The lowest BCUT2D eigenvalue weighted by molar-refractivity contribution is -0.275. The molecule has 1 aromatic carbocycles. The third-order valence-corrected chi connectivity index (χ3v) is 5.14. The number of primary amides is 1. The highest BCUT2D eigenvalue weighted by molar-refractivity contribution is 7.89. The standard InChI is InChI=1S/C12H13F3N2O4S/c13-12(14,15)21-9-5-1-2-6-10(9)22(19,20)17-7-3-4-8(17)11(16)18/h1-2,5-6,8H,3-4,7H2,(H2,16,18). The predicted molar refractivity (Wildman–Crippen MR) is 69.2 cm³/mol. The Labute approximate surface area is 124 Å². The fraction of sp³-hybridized carbons (Fsp3) is 0.417. The van der Waals surface area contributed by atoms with E-state index in [2.05, 4.69) is 4.74 Å². The summed E-state index contributed by atoms with van der Waals surface area (Å²) in [7, 11) is -4.33. The maximum absolute atomic E-state index is 12.5. The van der Waals surface area contributed by atoms with Gasteiger partial charge in [-0.3, -0.25) is 4.79 Å². The second-order valence-corrected chi connectivity index (χ2v) is 6.53. The van der Waals surface area contributed by atoms with Gasteiger partial charge in [0.2, 0.25) is 15.9 Å². The number of hydrogen-bond acceptors (Lipinski definition) is 4. The van der Waals surface area contributed by atoms with Crippen LogP contribution in [-0.2, 0) is 14.8 Å². The molecule has 0 spiro atoms. The summed E-state index contributed by atoms with van der Waals surface area (Å²) in [5, 5.41) is 0. The highest BCUT2D eigenvalue weighted by atomic mass is 32.2. The van der Waals surface area contributed by atoms with Crippen LogP contribution in [0.4, 0.5) is 13.2 Å². The zero-order valence-electron chi connectivity index (χ0n) is 11.2. The lowest BCUT2D eigenvalue weighted by Crippen LogP contribution is -2.43. The summed E-state index contributed by atoms with van der Waals surface area (Å²) in [5.41, 5.74) is 5.15. The largest absolute Gasteiger partial charge is 0.573 e. The Morgan fingerprint density at radius 3 is 2.55 bits per heavy atom. The number of rotatable bonds is 4. The molecule has 6 nitrogen and oxygen atoms in total. The van der Waals surface area contributed by atoms with E-state index in [4.69, 9.17) is 5.73 Å². The van der Waals surface area contributed by atoms with E-state index in [-0.39, 0.29) is 13.0 Å². The third-order valence-electron chi connectivity index (χ3n) is 3.19. The lowest BCUT2D eigenvalue weighted by Gasteiger charge is -2.23. The van der Waals surface area contributed by atoms with E-state index < -0.39 is 39.0 Å². The maximum Gasteiger partial charge on any atom is 0.573 e. The van der Waals surface area contributed by atoms with Gasteiger partial charge in [0, 0.05) is 6.54 Å². The summed E-state index contributed by atoms with van der Waals surface area (Å²) in [6.07, 6.45) is -4.40. The first-order valence-corrected chi connectivity index (χ1v) is 7.73. The maximum atomic E-state index is 12.5. The van der Waals surface area contributed by atoms with Crippen molar-refractivity contribution in [3.05, 3.63) is 24.3 Å². The highest BCUT2D eigenvalue weighted by Crippen LogP contribution is 2.34. The van der Waals surface area contributed by atoms with Crippen molar-refractivity contribution in [3.8, 4) is 5.75 Å². The van der Waals surface area contributed by atoms with Crippen LogP contribution in [0.25, 0.3) is 0 Å². The summed E-state index contributed by atoms with van der Waals surface area (Å²) in [4.78, 5) is 10.7. The number of nitrogens with zero attached hydrogens (tertiary/aromatic N) is 1. The topological polar surface area (TPSA) is 89.7 Å². The Morgan fingerprint density at radius 2 is 1.95 bits per heavy atom. The van der Waals surface area contributed by atoms with E-state index in [1.807, 2.05) is 0 Å². The zero-order valence-corrected chi connectivity index (χ0v) is 12.0. The molecule has 10 heteroatoms. The molecule has 1 unspecified atom stereocenters. The molecule has 1 fully saturated rings. The van der Waals surface area contributed by atoms with E-state index in [9.17, 15) is 26.4 Å². The van der Waals surface area contributed by atoms with Crippen LogP contribution in [0.2, 0.25) is 0 Å². The van der Waals surface area contributed by atoms with Gasteiger partial charge in [0.25, 0.3) is 0 Å². The van der Waals surface area contributed by atoms with Crippen LogP contribution in [0.15, 0.2) is 29.2 Å². The molecule has 1 aliphatic rings. The molecular formula is C12H13F3N2O4S. The zero-order chi connectivity index (χ0) is 16.5. The summed E-state index contributed by atoms with van der Waals surface area (Å²) in [6.45, 7) is 0.0102. The number of benzene rings is 1. The van der Waals surface area contributed by atoms with Crippen molar-refractivity contribution in [2.75, 3.05) is 6.54 Å². The van der Waals surface area contributed by atoms with E-state index >= 15 is 0 Å². The molecule has 2 rings (SSSR count). The first-order chi connectivity index (χ1) is 10.1. The Morgan fingerprint density at radius 1 is 1.32 bits per heavy atom. The smallest absolute Gasteiger partial charge is 0.404 e. The fourth-order valence-electron chi connectivity index (χ4n) is 2.31. The molecule has 22 heavy (non-hydrogen) atoms. The van der Waals surface area contributed by atoms with Crippen LogP contribution in [0.1, 0.15) is 12.8 Å². The van der Waals surface area contributed by atoms with Crippen molar-refractivity contribution in [1.82, 2.24) is 4.31 Å². The molecular weight excluding hydrogens is 325 g/mol. The van der Waals surface area contributed by atoms with Gasteiger partial charge in [-0.2, -0.15) is 4.31 Å². The first-order valence-electron chi connectivity index (χ1n) is 6.29. The Bertz CT molecular complexity index is 675. The molecule has 1 saturated heterocycles. The molecule has 2 N–H and O–H groups in total. The molecule has 1 aliphatic heterocycles. The average molecular weight is 338 g/mol. The lowest BCUT2D eigenvalue weighted by atomic mass is 10.2. The molecule has 1 amide bonds. The van der Waals surface area contributed by atoms with E-state index in [0.717, 1.165) is 16.4 Å². The van der Waals surface area contributed by atoms with Crippen LogP contribution in [-0.4, -0.2) is 37.6 Å². The van der Waals surface area contributed by atoms with Crippen LogP contribution >= 0.6 is 0 Å². The van der Waals surface area contributed by atoms with Crippen molar-refractivity contribution in [2.24, 2.45) is 5.73 Å². The number of halogens is 3. The van der Waals surface area contributed by atoms with Gasteiger partial charge < -0.3 is 10.5 Å².